The van der Waals surface area contributed by atoms with Crippen LogP contribution in [0, 0.1) is 17.7 Å². The normalized spacial score (nSPS) is 10.7. The number of rotatable bonds is 4. The van der Waals surface area contributed by atoms with Crippen molar-refractivity contribution in [2.45, 2.75) is 32.8 Å². The molecule has 114 valence electrons. The summed E-state index contributed by atoms with van der Waals surface area (Å²) in [4.78, 5) is 11.7. The number of ether oxygens (including phenoxy) is 1. The van der Waals surface area contributed by atoms with Gasteiger partial charge in [0.25, 0.3) is 0 Å². The van der Waals surface area contributed by atoms with Gasteiger partial charge in [-0.1, -0.05) is 11.8 Å². The maximum atomic E-state index is 13.8. The molecule has 1 amide bonds. The van der Waals surface area contributed by atoms with Gasteiger partial charge in [0.15, 0.2) is 0 Å². The van der Waals surface area contributed by atoms with Crippen molar-refractivity contribution in [2.24, 2.45) is 0 Å². The molecular formula is C16H20FNO3. The molecule has 0 fully saturated rings. The predicted octanol–water partition coefficient (Wildman–Crippen LogP) is 2.31. The predicted molar refractivity (Wildman–Crippen MR) is 79.3 cm³/mol. The molecule has 2 N–H and O–H groups in total. The Bertz CT molecular complexity index is 553. The van der Waals surface area contributed by atoms with Crippen LogP contribution in [0.15, 0.2) is 18.2 Å². The Balaban J connectivity index is 2.64. The number of aliphatic hydroxyl groups excluding tert-OH is 1. The third kappa shape index (κ3) is 6.89. The van der Waals surface area contributed by atoms with Gasteiger partial charge < -0.3 is 15.2 Å². The second kappa shape index (κ2) is 7.77. The van der Waals surface area contributed by atoms with Crippen LogP contribution in [0.1, 0.15) is 32.8 Å². The third-order valence-corrected chi connectivity index (χ3v) is 2.35. The van der Waals surface area contributed by atoms with Gasteiger partial charge in [0, 0.05) is 12.1 Å². The highest BCUT2D eigenvalue weighted by Gasteiger charge is 2.13. The first kappa shape index (κ1) is 17.2. The molecule has 0 aliphatic heterocycles. The zero-order valence-electron chi connectivity index (χ0n) is 12.5. The molecule has 0 spiro atoms. The standard InChI is InChI=1S/C16H20FNO3/c1-16(2,3)21-11-15(20)18-13-8-7-12(14(17)10-13)6-4-5-9-19/h7-8,10,19H,5,9,11H2,1-3H3,(H,18,20). The first-order chi connectivity index (χ1) is 9.81. The van der Waals surface area contributed by atoms with Gasteiger partial charge in [-0.3, -0.25) is 4.79 Å². The van der Waals surface area contributed by atoms with Crippen LogP contribution in [-0.2, 0) is 9.53 Å². The Hall–Kier alpha value is -1.90. The van der Waals surface area contributed by atoms with Crippen molar-refractivity contribution in [3.8, 4) is 11.8 Å². The summed E-state index contributed by atoms with van der Waals surface area (Å²) in [5.74, 6) is 4.40. The number of nitrogens with one attached hydrogen (secondary N) is 1. The molecule has 21 heavy (non-hydrogen) atoms. The van der Waals surface area contributed by atoms with Crippen molar-refractivity contribution in [1.29, 1.82) is 0 Å². The quantitative estimate of drug-likeness (QED) is 0.838. The van der Waals surface area contributed by atoms with Gasteiger partial charge >= 0.3 is 0 Å². The number of carbonyl (C=O) groups excluding carboxylic acids is 1. The average Bonchev–Trinajstić information content (AvgIpc) is 2.38. The van der Waals surface area contributed by atoms with Gasteiger partial charge in [0.1, 0.15) is 12.4 Å². The van der Waals surface area contributed by atoms with Gasteiger partial charge in [-0.15, -0.1) is 0 Å². The summed E-state index contributed by atoms with van der Waals surface area (Å²) in [5.41, 5.74) is 0.171. The Kier molecular flexibility index (Phi) is 6.35. The fraction of sp³-hybridized carbons (Fsp3) is 0.438. The summed E-state index contributed by atoms with van der Waals surface area (Å²) >= 11 is 0. The van der Waals surface area contributed by atoms with Crippen LogP contribution in [0.5, 0.6) is 0 Å². The van der Waals surface area contributed by atoms with Gasteiger partial charge in [-0.05, 0) is 39.0 Å². The number of aliphatic hydroxyl groups is 1. The zero-order valence-corrected chi connectivity index (χ0v) is 12.5. The summed E-state index contributed by atoms with van der Waals surface area (Å²) in [5, 5.41) is 11.2. The number of benzene rings is 1. The van der Waals surface area contributed by atoms with E-state index >= 15 is 0 Å². The summed E-state index contributed by atoms with van der Waals surface area (Å²) in [7, 11) is 0. The van der Waals surface area contributed by atoms with Gasteiger partial charge in [0.05, 0.1) is 17.8 Å². The minimum Gasteiger partial charge on any atom is -0.395 e. The van der Waals surface area contributed by atoms with Crippen LogP contribution in [0.25, 0.3) is 0 Å². The smallest absolute Gasteiger partial charge is 0.250 e. The van der Waals surface area contributed by atoms with Crippen LogP contribution >= 0.6 is 0 Å². The lowest BCUT2D eigenvalue weighted by Crippen LogP contribution is -2.27. The molecule has 0 unspecified atom stereocenters. The molecule has 0 radical (unpaired) electrons. The average molecular weight is 293 g/mol. The molecular weight excluding hydrogens is 273 g/mol. The van der Waals surface area contributed by atoms with Crippen molar-refractivity contribution in [2.75, 3.05) is 18.5 Å². The van der Waals surface area contributed by atoms with E-state index in [0.29, 0.717) is 12.1 Å². The molecule has 0 aromatic heterocycles. The number of hydrogen-bond acceptors (Lipinski definition) is 3. The Morgan fingerprint density at radius 1 is 1.43 bits per heavy atom. The Labute approximate surface area is 124 Å². The highest BCUT2D eigenvalue weighted by atomic mass is 19.1. The van der Waals surface area contributed by atoms with E-state index in [9.17, 15) is 9.18 Å². The number of halogens is 1. The van der Waals surface area contributed by atoms with E-state index in [4.69, 9.17) is 9.84 Å². The minimum absolute atomic E-state index is 0.0590. The molecule has 0 bridgehead atoms. The first-order valence-electron chi connectivity index (χ1n) is 6.65. The van der Waals surface area contributed by atoms with E-state index in [2.05, 4.69) is 17.2 Å². The van der Waals surface area contributed by atoms with E-state index in [1.807, 2.05) is 20.8 Å². The molecule has 0 aliphatic carbocycles. The fourth-order valence-electron chi connectivity index (χ4n) is 1.39. The van der Waals surface area contributed by atoms with Gasteiger partial charge in [-0.2, -0.15) is 0 Å². The lowest BCUT2D eigenvalue weighted by atomic mass is 10.2. The molecule has 0 aliphatic rings. The van der Waals surface area contributed by atoms with Crippen molar-refractivity contribution < 1.29 is 19.0 Å². The van der Waals surface area contributed by atoms with Crippen molar-refractivity contribution in [1.82, 2.24) is 0 Å². The van der Waals surface area contributed by atoms with Crippen molar-refractivity contribution in [3.05, 3.63) is 29.6 Å². The maximum absolute atomic E-state index is 13.8. The SMILES string of the molecule is CC(C)(C)OCC(=O)Nc1ccc(C#CCCO)c(F)c1. The highest BCUT2D eigenvalue weighted by molar-refractivity contribution is 5.91. The van der Waals surface area contributed by atoms with E-state index in [1.54, 1.807) is 6.07 Å². The van der Waals surface area contributed by atoms with E-state index in [0.717, 1.165) is 0 Å². The second-order valence-electron chi connectivity index (χ2n) is 5.42. The molecule has 5 heteroatoms. The first-order valence-corrected chi connectivity index (χ1v) is 6.65. The molecule has 0 atom stereocenters. The lowest BCUT2D eigenvalue weighted by Gasteiger charge is -2.19. The Morgan fingerprint density at radius 3 is 2.71 bits per heavy atom. The molecule has 0 saturated carbocycles. The molecule has 1 aromatic rings. The molecule has 1 rings (SSSR count). The number of hydrogen-bond donors (Lipinski definition) is 2. The molecule has 4 nitrogen and oxygen atoms in total. The summed E-state index contributed by atoms with van der Waals surface area (Å²) in [6, 6.07) is 4.26. The van der Waals surface area contributed by atoms with Gasteiger partial charge in [-0.25, -0.2) is 4.39 Å². The van der Waals surface area contributed by atoms with Crippen LogP contribution in [0.2, 0.25) is 0 Å². The number of anilines is 1. The maximum Gasteiger partial charge on any atom is 0.250 e. The van der Waals surface area contributed by atoms with E-state index in [-0.39, 0.29) is 24.7 Å². The van der Waals surface area contributed by atoms with Crippen LogP contribution < -0.4 is 5.32 Å². The van der Waals surface area contributed by atoms with Crippen molar-refractivity contribution >= 4 is 11.6 Å². The number of carbonyl (C=O) groups is 1. The number of amides is 1. The lowest BCUT2D eigenvalue weighted by molar-refractivity contribution is -0.125. The Morgan fingerprint density at radius 2 is 2.14 bits per heavy atom. The largest absolute Gasteiger partial charge is 0.395 e. The van der Waals surface area contributed by atoms with E-state index < -0.39 is 11.4 Å². The van der Waals surface area contributed by atoms with Crippen molar-refractivity contribution in [3.63, 3.8) is 0 Å². The monoisotopic (exact) mass is 293 g/mol. The van der Waals surface area contributed by atoms with Gasteiger partial charge in [0.2, 0.25) is 5.91 Å². The molecule has 0 saturated heterocycles. The fourth-order valence-corrected chi connectivity index (χ4v) is 1.39. The van der Waals surface area contributed by atoms with E-state index in [1.165, 1.54) is 12.1 Å². The topological polar surface area (TPSA) is 58.6 Å². The third-order valence-electron chi connectivity index (χ3n) is 2.35. The van der Waals surface area contributed by atoms with Crippen LogP contribution in [0.4, 0.5) is 10.1 Å². The molecule has 0 heterocycles. The zero-order chi connectivity index (χ0) is 15.9. The summed E-state index contributed by atoms with van der Waals surface area (Å²) in [6.45, 7) is 5.39. The molecule has 1 aromatic carbocycles. The summed E-state index contributed by atoms with van der Waals surface area (Å²) in [6.07, 6.45) is 0.294. The van der Waals surface area contributed by atoms with Crippen LogP contribution in [0.3, 0.4) is 0 Å². The highest BCUT2D eigenvalue weighted by Crippen LogP contribution is 2.14. The summed E-state index contributed by atoms with van der Waals surface area (Å²) < 4.78 is 19.1. The second-order valence-corrected chi connectivity index (χ2v) is 5.42. The minimum atomic E-state index is -0.519. The van der Waals surface area contributed by atoms with Crippen LogP contribution in [-0.4, -0.2) is 29.8 Å².